The standard InChI is InChI=1S/C9H10N6OS/c1-15-8(16)13-14-9(15)17-5-2-3-6(7(10)11)12-4-5/h2-4H,1H3,(H3,10,11)(H,13,16). The summed E-state index contributed by atoms with van der Waals surface area (Å²) >= 11 is 1.30. The molecule has 7 nitrogen and oxygen atoms in total. The molecular weight excluding hydrogens is 240 g/mol. The van der Waals surface area contributed by atoms with Crippen LogP contribution in [0.2, 0.25) is 0 Å². The minimum atomic E-state index is -0.263. The van der Waals surface area contributed by atoms with E-state index in [-0.39, 0.29) is 11.5 Å². The second-order valence-electron chi connectivity index (χ2n) is 3.27. The van der Waals surface area contributed by atoms with Gasteiger partial charge in [-0.2, -0.15) is 0 Å². The molecule has 4 N–H and O–H groups in total. The summed E-state index contributed by atoms with van der Waals surface area (Å²) in [5.74, 6) is -0.0753. The molecule has 88 valence electrons. The average molecular weight is 250 g/mol. The Balaban J connectivity index is 2.22. The maximum atomic E-state index is 11.1. The van der Waals surface area contributed by atoms with Crippen LogP contribution in [0.4, 0.5) is 0 Å². The number of nitrogens with two attached hydrogens (primary N) is 1. The summed E-state index contributed by atoms with van der Waals surface area (Å²) < 4.78 is 1.41. The summed E-state index contributed by atoms with van der Waals surface area (Å²) in [6, 6.07) is 3.42. The highest BCUT2D eigenvalue weighted by molar-refractivity contribution is 7.99. The molecule has 2 aromatic heterocycles. The van der Waals surface area contributed by atoms with Gasteiger partial charge in [-0.15, -0.1) is 5.10 Å². The van der Waals surface area contributed by atoms with Crippen LogP contribution in [0.3, 0.4) is 0 Å². The van der Waals surface area contributed by atoms with Crippen LogP contribution in [0.5, 0.6) is 0 Å². The van der Waals surface area contributed by atoms with E-state index in [1.807, 2.05) is 0 Å². The Kier molecular flexibility index (Phi) is 2.96. The van der Waals surface area contributed by atoms with Gasteiger partial charge in [0.05, 0.1) is 0 Å². The number of H-pyrrole nitrogens is 1. The molecule has 2 rings (SSSR count). The number of nitrogen functional groups attached to an aromatic ring is 1. The van der Waals surface area contributed by atoms with Gasteiger partial charge in [0.25, 0.3) is 0 Å². The van der Waals surface area contributed by atoms with E-state index >= 15 is 0 Å². The zero-order chi connectivity index (χ0) is 12.4. The molecule has 0 atom stereocenters. The molecule has 2 aromatic rings. The van der Waals surface area contributed by atoms with Gasteiger partial charge in [-0.1, -0.05) is 0 Å². The van der Waals surface area contributed by atoms with Crippen molar-refractivity contribution < 1.29 is 0 Å². The van der Waals surface area contributed by atoms with Gasteiger partial charge in [-0.25, -0.2) is 9.89 Å². The zero-order valence-electron chi connectivity index (χ0n) is 8.97. The Bertz CT molecular complexity index is 599. The number of aromatic amines is 1. The van der Waals surface area contributed by atoms with Crippen molar-refractivity contribution >= 4 is 17.6 Å². The number of hydrogen-bond acceptors (Lipinski definition) is 5. The number of aromatic nitrogens is 4. The number of amidine groups is 1. The quantitative estimate of drug-likeness (QED) is 0.521. The third-order valence-electron chi connectivity index (χ3n) is 2.06. The van der Waals surface area contributed by atoms with Crippen LogP contribution in [-0.2, 0) is 7.05 Å². The number of rotatable bonds is 3. The number of hydrogen-bond donors (Lipinski definition) is 3. The lowest BCUT2D eigenvalue weighted by Gasteiger charge is -2.01. The van der Waals surface area contributed by atoms with Crippen LogP contribution in [0.15, 0.2) is 33.2 Å². The maximum absolute atomic E-state index is 11.1. The van der Waals surface area contributed by atoms with Crippen molar-refractivity contribution in [2.24, 2.45) is 12.8 Å². The van der Waals surface area contributed by atoms with E-state index in [2.05, 4.69) is 15.2 Å². The molecule has 0 aliphatic heterocycles. The molecule has 0 spiro atoms. The summed E-state index contributed by atoms with van der Waals surface area (Å²) in [5, 5.41) is 14.0. The van der Waals surface area contributed by atoms with Gasteiger partial charge in [-0.05, 0) is 23.9 Å². The van der Waals surface area contributed by atoms with Gasteiger partial charge >= 0.3 is 5.69 Å². The first-order valence-corrected chi connectivity index (χ1v) is 5.49. The van der Waals surface area contributed by atoms with E-state index in [0.717, 1.165) is 4.90 Å². The summed E-state index contributed by atoms with van der Waals surface area (Å²) in [6.45, 7) is 0. The summed E-state index contributed by atoms with van der Waals surface area (Å²) in [6.07, 6.45) is 1.58. The average Bonchev–Trinajstić information content (AvgIpc) is 2.62. The van der Waals surface area contributed by atoms with Crippen molar-refractivity contribution in [3.8, 4) is 0 Å². The highest BCUT2D eigenvalue weighted by Gasteiger charge is 2.07. The molecular formula is C9H10N6OS. The van der Waals surface area contributed by atoms with Gasteiger partial charge in [0.2, 0.25) is 0 Å². The lowest BCUT2D eigenvalue weighted by Crippen LogP contribution is -2.13. The van der Waals surface area contributed by atoms with Crippen molar-refractivity contribution in [3.05, 3.63) is 34.5 Å². The van der Waals surface area contributed by atoms with E-state index < -0.39 is 0 Å². The molecule has 0 saturated heterocycles. The minimum Gasteiger partial charge on any atom is -0.382 e. The number of pyridine rings is 1. The summed E-state index contributed by atoms with van der Waals surface area (Å²) in [4.78, 5) is 16.0. The molecule has 2 heterocycles. The molecule has 8 heteroatoms. The van der Waals surface area contributed by atoms with Gasteiger partial charge in [0.15, 0.2) is 5.16 Å². The first kappa shape index (κ1) is 11.4. The van der Waals surface area contributed by atoms with E-state index in [1.165, 1.54) is 16.3 Å². The zero-order valence-corrected chi connectivity index (χ0v) is 9.78. The van der Waals surface area contributed by atoms with Crippen molar-refractivity contribution in [1.82, 2.24) is 19.7 Å². The second-order valence-corrected chi connectivity index (χ2v) is 4.31. The normalized spacial score (nSPS) is 10.4. The van der Waals surface area contributed by atoms with E-state index in [1.54, 1.807) is 25.4 Å². The highest BCUT2D eigenvalue weighted by atomic mass is 32.2. The third kappa shape index (κ3) is 2.36. The molecule has 0 amide bonds. The van der Waals surface area contributed by atoms with Gasteiger partial charge in [0.1, 0.15) is 11.5 Å². The first-order chi connectivity index (χ1) is 8.08. The molecule has 0 unspecified atom stereocenters. The van der Waals surface area contributed by atoms with Crippen LogP contribution in [0.25, 0.3) is 0 Å². The van der Waals surface area contributed by atoms with E-state index in [0.29, 0.717) is 10.9 Å². The van der Waals surface area contributed by atoms with Gasteiger partial charge < -0.3 is 5.73 Å². The fourth-order valence-electron chi connectivity index (χ4n) is 1.13. The van der Waals surface area contributed by atoms with Gasteiger partial charge in [-0.3, -0.25) is 15.0 Å². The van der Waals surface area contributed by atoms with E-state index in [4.69, 9.17) is 11.1 Å². The molecule has 17 heavy (non-hydrogen) atoms. The van der Waals surface area contributed by atoms with Crippen LogP contribution in [0, 0.1) is 5.41 Å². The maximum Gasteiger partial charge on any atom is 0.343 e. The van der Waals surface area contributed by atoms with Crippen molar-refractivity contribution in [1.29, 1.82) is 5.41 Å². The Morgan fingerprint density at radius 3 is 2.82 bits per heavy atom. The molecule has 0 radical (unpaired) electrons. The Morgan fingerprint density at radius 2 is 2.35 bits per heavy atom. The van der Waals surface area contributed by atoms with Crippen LogP contribution in [-0.4, -0.2) is 25.6 Å². The SMILES string of the molecule is Cn1c(Sc2ccc(C(=N)N)nc2)n[nH]c1=O. The predicted molar refractivity (Wildman–Crippen MR) is 63.2 cm³/mol. The van der Waals surface area contributed by atoms with Crippen molar-refractivity contribution in [3.63, 3.8) is 0 Å². The smallest absolute Gasteiger partial charge is 0.343 e. The lowest BCUT2D eigenvalue weighted by molar-refractivity contribution is 0.766. The van der Waals surface area contributed by atoms with Gasteiger partial charge in [0, 0.05) is 18.1 Å². The van der Waals surface area contributed by atoms with Crippen molar-refractivity contribution in [2.45, 2.75) is 10.1 Å². The monoisotopic (exact) mass is 250 g/mol. The lowest BCUT2D eigenvalue weighted by atomic mass is 10.3. The first-order valence-electron chi connectivity index (χ1n) is 4.67. The number of nitrogens with one attached hydrogen (secondary N) is 2. The molecule has 0 bridgehead atoms. The molecule has 0 aromatic carbocycles. The van der Waals surface area contributed by atoms with Crippen LogP contribution in [0.1, 0.15) is 5.69 Å². The highest BCUT2D eigenvalue weighted by Crippen LogP contribution is 2.23. The molecule has 0 fully saturated rings. The fourth-order valence-corrected chi connectivity index (χ4v) is 1.89. The molecule has 0 aliphatic rings. The second kappa shape index (κ2) is 4.42. The van der Waals surface area contributed by atoms with Crippen LogP contribution < -0.4 is 11.4 Å². The minimum absolute atomic E-state index is 0.0753. The summed E-state index contributed by atoms with van der Waals surface area (Å²) in [5.41, 5.74) is 5.45. The fraction of sp³-hybridized carbons (Fsp3) is 0.111. The Morgan fingerprint density at radius 1 is 1.59 bits per heavy atom. The topological polar surface area (TPSA) is 113 Å². The van der Waals surface area contributed by atoms with Crippen LogP contribution >= 0.6 is 11.8 Å². The third-order valence-corrected chi connectivity index (χ3v) is 3.09. The van der Waals surface area contributed by atoms with E-state index in [9.17, 15) is 4.79 Å². The Hall–Kier alpha value is -2.09. The predicted octanol–water partition coefficient (Wildman–Crippen LogP) is -0.0613. The Labute approximate surface area is 101 Å². The molecule has 0 saturated carbocycles. The van der Waals surface area contributed by atoms with Crippen molar-refractivity contribution in [2.75, 3.05) is 0 Å². The largest absolute Gasteiger partial charge is 0.382 e. The molecule has 0 aliphatic carbocycles. The number of nitrogens with zero attached hydrogens (tertiary/aromatic N) is 3. The summed E-state index contributed by atoms with van der Waals surface area (Å²) in [7, 11) is 1.63.